The van der Waals surface area contributed by atoms with Crippen LogP contribution in [0.3, 0.4) is 0 Å². The molecule has 2 aliphatic heterocycles. The largest absolute Gasteiger partial charge is 0.368 e. The molecule has 130 valence electrons. The van der Waals surface area contributed by atoms with Crippen LogP contribution in [0, 0.1) is 5.82 Å². The summed E-state index contributed by atoms with van der Waals surface area (Å²) in [5.74, 6) is -0.447. The lowest BCUT2D eigenvalue weighted by Crippen LogP contribution is -2.51. The van der Waals surface area contributed by atoms with Crippen molar-refractivity contribution in [1.82, 2.24) is 9.80 Å². The first-order chi connectivity index (χ1) is 11.5. The lowest BCUT2D eigenvalue weighted by atomic mass is 10.0. The molecule has 0 saturated carbocycles. The van der Waals surface area contributed by atoms with E-state index >= 15 is 0 Å². The van der Waals surface area contributed by atoms with Crippen LogP contribution < -0.4 is 5.73 Å². The number of likely N-dealkylation sites (tertiary alicyclic amines) is 2. The van der Waals surface area contributed by atoms with E-state index in [4.69, 9.17) is 5.73 Å². The van der Waals surface area contributed by atoms with E-state index in [1.54, 1.807) is 12.1 Å². The predicted octanol–water partition coefficient (Wildman–Crippen LogP) is 1.31. The molecule has 2 heterocycles. The molecular formula is C18H24FN3O2. The van der Waals surface area contributed by atoms with Crippen molar-refractivity contribution in [2.75, 3.05) is 19.6 Å². The highest BCUT2D eigenvalue weighted by atomic mass is 19.1. The molecule has 0 unspecified atom stereocenters. The molecule has 1 aromatic carbocycles. The smallest absolute Gasteiger partial charge is 0.234 e. The van der Waals surface area contributed by atoms with E-state index in [2.05, 4.69) is 4.90 Å². The van der Waals surface area contributed by atoms with Crippen LogP contribution in [0.1, 0.15) is 31.2 Å². The molecule has 2 aliphatic rings. The number of benzene rings is 1. The zero-order valence-electron chi connectivity index (χ0n) is 13.8. The van der Waals surface area contributed by atoms with Crippen molar-refractivity contribution in [3.8, 4) is 0 Å². The van der Waals surface area contributed by atoms with Crippen molar-refractivity contribution in [1.29, 1.82) is 0 Å². The first-order valence-corrected chi connectivity index (χ1v) is 8.62. The molecule has 2 N–H and O–H groups in total. The summed E-state index contributed by atoms with van der Waals surface area (Å²) in [5.41, 5.74) is 6.33. The second-order valence-electron chi connectivity index (χ2n) is 6.71. The van der Waals surface area contributed by atoms with Gasteiger partial charge in [0.05, 0.1) is 12.5 Å². The number of rotatable bonds is 4. The number of piperidine rings is 1. The molecule has 0 radical (unpaired) electrons. The van der Waals surface area contributed by atoms with E-state index in [1.807, 2.05) is 4.90 Å². The van der Waals surface area contributed by atoms with Gasteiger partial charge in [0, 0.05) is 19.1 Å². The van der Waals surface area contributed by atoms with Crippen molar-refractivity contribution >= 4 is 11.8 Å². The third-order valence-electron chi connectivity index (χ3n) is 5.18. The van der Waals surface area contributed by atoms with Gasteiger partial charge in [-0.25, -0.2) is 4.39 Å². The standard InChI is InChI=1S/C18H24FN3O2/c19-14-5-3-13(4-6-14)12-17(23)21-10-7-15(8-11-21)22-9-1-2-16(22)18(20)24/h3-6,15-16H,1-2,7-12H2,(H2,20,24)/t16-/m0/s1. The van der Waals surface area contributed by atoms with Crippen molar-refractivity contribution in [3.63, 3.8) is 0 Å². The number of hydrogen-bond donors (Lipinski definition) is 1. The van der Waals surface area contributed by atoms with Crippen LogP contribution in [0.5, 0.6) is 0 Å². The third-order valence-corrected chi connectivity index (χ3v) is 5.18. The average Bonchev–Trinajstić information content (AvgIpc) is 3.07. The van der Waals surface area contributed by atoms with E-state index < -0.39 is 0 Å². The lowest BCUT2D eigenvalue weighted by molar-refractivity contribution is -0.133. The van der Waals surface area contributed by atoms with Crippen LogP contribution >= 0.6 is 0 Å². The van der Waals surface area contributed by atoms with Crippen molar-refractivity contribution in [2.24, 2.45) is 5.73 Å². The van der Waals surface area contributed by atoms with E-state index in [9.17, 15) is 14.0 Å². The molecule has 0 aromatic heterocycles. The summed E-state index contributed by atoms with van der Waals surface area (Å²) in [5, 5.41) is 0. The van der Waals surface area contributed by atoms with Crippen LogP contribution in [0.25, 0.3) is 0 Å². The predicted molar refractivity (Wildman–Crippen MR) is 88.6 cm³/mol. The number of amides is 2. The minimum absolute atomic E-state index is 0.0768. The maximum Gasteiger partial charge on any atom is 0.234 e. The van der Waals surface area contributed by atoms with Gasteiger partial charge in [0.2, 0.25) is 11.8 Å². The summed E-state index contributed by atoms with van der Waals surface area (Å²) in [6.07, 6.45) is 3.91. The zero-order valence-corrected chi connectivity index (χ0v) is 13.8. The summed E-state index contributed by atoms with van der Waals surface area (Å²) in [6, 6.07) is 6.26. The Bertz CT molecular complexity index is 597. The van der Waals surface area contributed by atoms with Gasteiger partial charge in [0.15, 0.2) is 0 Å². The van der Waals surface area contributed by atoms with Gasteiger partial charge in [-0.05, 0) is 49.9 Å². The SMILES string of the molecule is NC(=O)[C@@H]1CCCN1C1CCN(C(=O)Cc2ccc(F)cc2)CC1. The Labute approximate surface area is 141 Å². The van der Waals surface area contributed by atoms with E-state index in [0.717, 1.165) is 37.8 Å². The van der Waals surface area contributed by atoms with Gasteiger partial charge in [-0.15, -0.1) is 0 Å². The minimum atomic E-state index is -0.290. The Morgan fingerprint density at radius 3 is 2.38 bits per heavy atom. The average molecular weight is 333 g/mol. The van der Waals surface area contributed by atoms with Crippen molar-refractivity contribution < 1.29 is 14.0 Å². The topological polar surface area (TPSA) is 66.6 Å². The van der Waals surface area contributed by atoms with Gasteiger partial charge < -0.3 is 10.6 Å². The van der Waals surface area contributed by atoms with Crippen LogP contribution in [-0.4, -0.2) is 53.3 Å². The molecule has 3 rings (SSSR count). The second-order valence-corrected chi connectivity index (χ2v) is 6.71. The highest BCUT2D eigenvalue weighted by molar-refractivity contribution is 5.80. The van der Waals surface area contributed by atoms with Gasteiger partial charge in [-0.2, -0.15) is 0 Å². The molecule has 2 saturated heterocycles. The number of hydrogen-bond acceptors (Lipinski definition) is 3. The van der Waals surface area contributed by atoms with Gasteiger partial charge in [-0.1, -0.05) is 12.1 Å². The summed E-state index contributed by atoms with van der Waals surface area (Å²) in [7, 11) is 0. The quantitative estimate of drug-likeness (QED) is 0.903. The molecule has 0 bridgehead atoms. The summed E-state index contributed by atoms with van der Waals surface area (Å²) >= 11 is 0. The molecule has 24 heavy (non-hydrogen) atoms. The monoisotopic (exact) mass is 333 g/mol. The Balaban J connectivity index is 1.52. The first kappa shape index (κ1) is 16.9. The number of halogens is 1. The first-order valence-electron chi connectivity index (χ1n) is 8.62. The van der Waals surface area contributed by atoms with Gasteiger partial charge >= 0.3 is 0 Å². The number of primary amides is 1. The van der Waals surface area contributed by atoms with Gasteiger partial charge in [0.1, 0.15) is 5.82 Å². The van der Waals surface area contributed by atoms with E-state index in [-0.39, 0.29) is 23.7 Å². The van der Waals surface area contributed by atoms with E-state index in [1.165, 1.54) is 12.1 Å². The highest BCUT2D eigenvalue weighted by Crippen LogP contribution is 2.26. The van der Waals surface area contributed by atoms with E-state index in [0.29, 0.717) is 25.6 Å². The maximum absolute atomic E-state index is 12.9. The fourth-order valence-corrected chi connectivity index (χ4v) is 3.87. The van der Waals surface area contributed by atoms with Crippen LogP contribution in [-0.2, 0) is 16.0 Å². The fourth-order valence-electron chi connectivity index (χ4n) is 3.87. The molecule has 0 spiro atoms. The summed E-state index contributed by atoms with van der Waals surface area (Å²) in [6.45, 7) is 2.32. The molecule has 1 aromatic rings. The molecule has 5 nitrogen and oxygen atoms in total. The summed E-state index contributed by atoms with van der Waals surface area (Å²) in [4.78, 5) is 28.0. The second kappa shape index (κ2) is 7.30. The Morgan fingerprint density at radius 1 is 1.08 bits per heavy atom. The van der Waals surface area contributed by atoms with Gasteiger partial charge in [-0.3, -0.25) is 14.5 Å². The molecule has 6 heteroatoms. The van der Waals surface area contributed by atoms with Crippen LogP contribution in [0.2, 0.25) is 0 Å². The Kier molecular flexibility index (Phi) is 5.14. The highest BCUT2D eigenvalue weighted by Gasteiger charge is 2.36. The van der Waals surface area contributed by atoms with Crippen molar-refractivity contribution in [3.05, 3.63) is 35.6 Å². The number of nitrogens with two attached hydrogens (primary N) is 1. The molecule has 2 fully saturated rings. The normalized spacial score (nSPS) is 22.7. The van der Waals surface area contributed by atoms with Crippen LogP contribution in [0.4, 0.5) is 4.39 Å². The Morgan fingerprint density at radius 2 is 1.75 bits per heavy atom. The third kappa shape index (κ3) is 3.75. The Hall–Kier alpha value is -1.95. The minimum Gasteiger partial charge on any atom is -0.368 e. The summed E-state index contributed by atoms with van der Waals surface area (Å²) < 4.78 is 12.9. The van der Waals surface area contributed by atoms with Gasteiger partial charge in [0.25, 0.3) is 0 Å². The number of nitrogens with zero attached hydrogens (tertiary/aromatic N) is 2. The number of carbonyl (C=O) groups is 2. The zero-order chi connectivity index (χ0) is 17.1. The maximum atomic E-state index is 12.9. The molecule has 2 amide bonds. The molecule has 0 aliphatic carbocycles. The molecule has 1 atom stereocenters. The van der Waals surface area contributed by atoms with Crippen molar-refractivity contribution in [2.45, 2.75) is 44.2 Å². The lowest BCUT2D eigenvalue weighted by Gasteiger charge is -2.38. The number of carbonyl (C=O) groups excluding carboxylic acids is 2. The fraction of sp³-hybridized carbons (Fsp3) is 0.556. The van der Waals surface area contributed by atoms with Crippen LogP contribution in [0.15, 0.2) is 24.3 Å². The molecular weight excluding hydrogens is 309 g/mol.